The molecule has 49 heavy (non-hydrogen) atoms. The quantitative estimate of drug-likeness (QED) is 0.171. The van der Waals surface area contributed by atoms with Crippen molar-refractivity contribution < 1.29 is 14.4 Å². The molecule has 0 radical (unpaired) electrons. The van der Waals surface area contributed by atoms with Gasteiger partial charge in [0, 0.05) is 49.2 Å². The summed E-state index contributed by atoms with van der Waals surface area (Å²) in [5.41, 5.74) is 3.56. The Balaban J connectivity index is 0.00000417. The highest BCUT2D eigenvalue weighted by Crippen LogP contribution is 2.66. The van der Waals surface area contributed by atoms with Crippen molar-refractivity contribution in [2.75, 3.05) is 13.1 Å². The van der Waals surface area contributed by atoms with Crippen LogP contribution in [0.3, 0.4) is 0 Å². The van der Waals surface area contributed by atoms with Gasteiger partial charge in [0.2, 0.25) is 11.8 Å². The first-order valence-corrected chi connectivity index (χ1v) is 18.5. The van der Waals surface area contributed by atoms with Crippen molar-refractivity contribution in [3.8, 4) is 0 Å². The number of hydrogen-bond acceptors (Lipinski definition) is 4. The van der Waals surface area contributed by atoms with E-state index in [0.717, 1.165) is 92.6 Å². The second kappa shape index (κ2) is 14.2. The number of aryl methyl sites for hydroxylation is 1. The number of carbonyl (C=O) groups excluding carboxylic acids is 3. The van der Waals surface area contributed by atoms with Crippen LogP contribution in [0.2, 0.25) is 0 Å². The molecule has 0 saturated heterocycles. The van der Waals surface area contributed by atoms with E-state index >= 15 is 0 Å². The number of benzene rings is 2. The maximum absolute atomic E-state index is 13.5. The molecule has 3 aromatic rings. The van der Waals surface area contributed by atoms with E-state index < -0.39 is 0 Å². The van der Waals surface area contributed by atoms with Gasteiger partial charge in [0.05, 0.1) is 11.0 Å². The summed E-state index contributed by atoms with van der Waals surface area (Å²) in [6.45, 7) is 6.48. The van der Waals surface area contributed by atoms with E-state index in [1.165, 1.54) is 5.57 Å². The Kier molecular flexibility index (Phi) is 10.2. The highest BCUT2D eigenvalue weighted by Gasteiger charge is 2.60. The van der Waals surface area contributed by atoms with Crippen LogP contribution in [0, 0.1) is 34.5 Å². The molecule has 0 aliphatic heterocycles. The van der Waals surface area contributed by atoms with Crippen molar-refractivity contribution in [2.24, 2.45) is 34.5 Å². The first-order chi connectivity index (χ1) is 23.2. The van der Waals surface area contributed by atoms with Gasteiger partial charge in [-0.3, -0.25) is 19.2 Å². The fourth-order valence-electron chi connectivity index (χ4n) is 10.6. The van der Waals surface area contributed by atoms with Crippen molar-refractivity contribution in [3.05, 3.63) is 70.4 Å². The third-order valence-corrected chi connectivity index (χ3v) is 13.2. The first kappa shape index (κ1) is 35.1. The zero-order valence-corrected chi connectivity index (χ0v) is 28.7. The predicted octanol–water partition coefficient (Wildman–Crippen LogP) is 7.73. The van der Waals surface area contributed by atoms with Gasteiger partial charge in [-0.1, -0.05) is 57.5 Å². The molecule has 7 rings (SSSR count). The molecule has 262 valence electrons. The minimum absolute atomic E-state index is 0. The number of carbonyl (C=O) groups is 3. The lowest BCUT2D eigenvalue weighted by Gasteiger charge is -2.58. The number of amides is 2. The largest absolute Gasteiger partial charge is 0.354 e. The number of para-hydroxylation sites is 2. The summed E-state index contributed by atoms with van der Waals surface area (Å²) in [6.07, 6.45) is 13.2. The second-order valence-corrected chi connectivity index (χ2v) is 15.6. The Morgan fingerprint density at radius 2 is 1.49 bits per heavy atom. The molecule has 3 fully saturated rings. The van der Waals surface area contributed by atoms with Crippen LogP contribution in [-0.2, 0) is 20.9 Å². The Labute approximate surface area is 291 Å². The number of nitrogens with one attached hydrogen (secondary N) is 2. The number of unbranched alkanes of at least 4 members (excludes halogenated alkanes) is 2. The predicted molar refractivity (Wildman–Crippen MR) is 197 cm³/mol. The normalized spacial score (nSPS) is 28.9. The van der Waals surface area contributed by atoms with E-state index in [2.05, 4.69) is 29.0 Å². The SMILES string of the molecule is C.CC12CCC(=O)C=C1CCC1C2CCC2(C)C(C(=O)NCCNC(=O)CCCCCn3c4ccccc4c(=O)c4ccccc43)CCC12. The number of hydrogen-bond donors (Lipinski definition) is 2. The molecule has 1 aromatic heterocycles. The van der Waals surface area contributed by atoms with Gasteiger partial charge in [-0.15, -0.1) is 0 Å². The smallest absolute Gasteiger partial charge is 0.223 e. The standard InChI is InChI=1S/C41H51N3O4.CH4/c1-40-21-19-28(45)26-27(40)15-16-29-32-17-18-34(41(32,2)22-20-33(29)40)39(48)43-24-23-42-37(46)14-4-3-9-25-44-35-12-7-5-10-30(35)38(47)31-11-6-8-13-36(31)44;/h5-8,10-13,26,29,32-34H,3-4,9,14-25H2,1-2H3,(H,42,46)(H,43,48);1H4. The molecule has 6 unspecified atom stereocenters. The molecule has 2 amide bonds. The minimum Gasteiger partial charge on any atom is -0.354 e. The molecular formula is C42H55N3O4. The van der Waals surface area contributed by atoms with Crippen molar-refractivity contribution in [1.82, 2.24) is 15.2 Å². The zero-order chi connectivity index (χ0) is 33.5. The summed E-state index contributed by atoms with van der Waals surface area (Å²) >= 11 is 0. The van der Waals surface area contributed by atoms with E-state index in [-0.39, 0.29) is 41.4 Å². The van der Waals surface area contributed by atoms with Crippen molar-refractivity contribution in [2.45, 2.75) is 105 Å². The molecule has 4 aliphatic carbocycles. The van der Waals surface area contributed by atoms with Crippen molar-refractivity contribution in [1.29, 1.82) is 0 Å². The third kappa shape index (κ3) is 6.39. The molecular weight excluding hydrogens is 610 g/mol. The van der Waals surface area contributed by atoms with Crippen LogP contribution in [0.5, 0.6) is 0 Å². The highest BCUT2D eigenvalue weighted by atomic mass is 16.2. The molecule has 2 N–H and O–H groups in total. The number of ketones is 1. The molecule has 4 aliphatic rings. The monoisotopic (exact) mass is 665 g/mol. The van der Waals surface area contributed by atoms with Crippen LogP contribution < -0.4 is 16.1 Å². The number of pyridine rings is 1. The Morgan fingerprint density at radius 1 is 0.796 bits per heavy atom. The number of aromatic nitrogens is 1. The van der Waals surface area contributed by atoms with Gasteiger partial charge in [0.1, 0.15) is 0 Å². The molecule has 0 bridgehead atoms. The Morgan fingerprint density at radius 3 is 2.22 bits per heavy atom. The van der Waals surface area contributed by atoms with Gasteiger partial charge in [-0.05, 0) is 117 Å². The van der Waals surface area contributed by atoms with E-state index in [9.17, 15) is 19.2 Å². The van der Waals surface area contributed by atoms with E-state index in [1.54, 1.807) is 0 Å². The molecule has 6 atom stereocenters. The topological polar surface area (TPSA) is 97.3 Å². The average Bonchev–Trinajstić information content (AvgIpc) is 3.45. The fourth-order valence-corrected chi connectivity index (χ4v) is 10.6. The summed E-state index contributed by atoms with van der Waals surface area (Å²) < 4.78 is 2.23. The van der Waals surface area contributed by atoms with Gasteiger partial charge >= 0.3 is 0 Å². The van der Waals surface area contributed by atoms with Crippen molar-refractivity contribution >= 4 is 39.4 Å². The Hall–Kier alpha value is -3.74. The van der Waals surface area contributed by atoms with Crippen LogP contribution in [0.1, 0.15) is 98.3 Å². The second-order valence-electron chi connectivity index (χ2n) is 15.6. The maximum Gasteiger partial charge on any atom is 0.223 e. The lowest BCUT2D eigenvalue weighted by atomic mass is 9.47. The average molecular weight is 666 g/mol. The van der Waals surface area contributed by atoms with Crippen LogP contribution in [0.4, 0.5) is 0 Å². The summed E-state index contributed by atoms with van der Waals surface area (Å²) in [6, 6.07) is 15.6. The van der Waals surface area contributed by atoms with Gasteiger partial charge in [0.15, 0.2) is 11.2 Å². The lowest BCUT2D eigenvalue weighted by Crippen LogP contribution is -2.52. The molecule has 7 heteroatoms. The lowest BCUT2D eigenvalue weighted by molar-refractivity contribution is -0.132. The molecule has 0 spiro atoms. The van der Waals surface area contributed by atoms with Gasteiger partial charge in [0.25, 0.3) is 0 Å². The summed E-state index contributed by atoms with van der Waals surface area (Å²) in [4.78, 5) is 51.2. The van der Waals surface area contributed by atoms with E-state index in [0.29, 0.717) is 49.5 Å². The molecule has 1 heterocycles. The number of rotatable bonds is 10. The van der Waals surface area contributed by atoms with Gasteiger partial charge in [-0.25, -0.2) is 0 Å². The van der Waals surface area contributed by atoms with Crippen LogP contribution >= 0.6 is 0 Å². The zero-order valence-electron chi connectivity index (χ0n) is 28.7. The first-order valence-electron chi connectivity index (χ1n) is 18.5. The van der Waals surface area contributed by atoms with Crippen molar-refractivity contribution in [3.63, 3.8) is 0 Å². The molecule has 2 aromatic carbocycles. The summed E-state index contributed by atoms with van der Waals surface area (Å²) in [5.74, 6) is 2.37. The van der Waals surface area contributed by atoms with Crippen LogP contribution in [0.25, 0.3) is 21.8 Å². The number of fused-ring (bicyclic) bond motifs is 7. The highest BCUT2D eigenvalue weighted by molar-refractivity contribution is 5.93. The molecule has 7 nitrogen and oxygen atoms in total. The minimum atomic E-state index is 0. The summed E-state index contributed by atoms with van der Waals surface area (Å²) in [5, 5.41) is 7.66. The Bertz CT molecular complexity index is 1770. The van der Waals surface area contributed by atoms with Gasteiger partial charge in [-0.2, -0.15) is 0 Å². The van der Waals surface area contributed by atoms with Gasteiger partial charge < -0.3 is 15.2 Å². The third-order valence-electron chi connectivity index (χ3n) is 13.2. The van der Waals surface area contributed by atoms with Crippen LogP contribution in [-0.4, -0.2) is 35.3 Å². The molecule has 3 saturated carbocycles. The fraction of sp³-hybridized carbons (Fsp3) is 0.571. The van der Waals surface area contributed by atoms with E-state index in [4.69, 9.17) is 0 Å². The summed E-state index contributed by atoms with van der Waals surface area (Å²) in [7, 11) is 0. The van der Waals surface area contributed by atoms with Crippen LogP contribution in [0.15, 0.2) is 65.0 Å². The maximum atomic E-state index is 13.5. The van der Waals surface area contributed by atoms with E-state index in [1.807, 2.05) is 54.6 Å². The number of nitrogens with zero attached hydrogens (tertiary/aromatic N) is 1. The number of allylic oxidation sites excluding steroid dienone is 1.